The summed E-state index contributed by atoms with van der Waals surface area (Å²) in [5.41, 5.74) is 0.249. The van der Waals surface area contributed by atoms with Crippen LogP contribution in [0.15, 0.2) is 11.2 Å². The standard InChI is InChI=1S/C19H33N5OS/c1-3-20-18(22-14-17-13-21-16(2)26-17)23-15-19(7-5-4-6-8-19)24-9-11-25-12-10-24/h13H,3-12,14-15H2,1-2H3,(H2,20,22,23). The molecule has 0 radical (unpaired) electrons. The van der Waals surface area contributed by atoms with E-state index in [-0.39, 0.29) is 5.54 Å². The molecule has 0 atom stereocenters. The number of thiazole rings is 1. The minimum absolute atomic E-state index is 0.249. The summed E-state index contributed by atoms with van der Waals surface area (Å²) < 4.78 is 5.59. The molecule has 146 valence electrons. The minimum atomic E-state index is 0.249. The maximum absolute atomic E-state index is 5.59. The predicted octanol–water partition coefficient (Wildman–Crippen LogP) is 2.54. The van der Waals surface area contributed by atoms with E-state index in [1.807, 2.05) is 13.1 Å². The van der Waals surface area contributed by atoms with Crippen LogP contribution in [0.3, 0.4) is 0 Å². The smallest absolute Gasteiger partial charge is 0.191 e. The van der Waals surface area contributed by atoms with E-state index in [0.717, 1.165) is 50.4 Å². The molecule has 0 amide bonds. The molecule has 2 N–H and O–H groups in total. The van der Waals surface area contributed by atoms with Crippen molar-refractivity contribution in [2.75, 3.05) is 39.4 Å². The fourth-order valence-electron chi connectivity index (χ4n) is 4.08. The zero-order valence-electron chi connectivity index (χ0n) is 16.2. The topological polar surface area (TPSA) is 61.8 Å². The van der Waals surface area contributed by atoms with Crippen LogP contribution in [0.5, 0.6) is 0 Å². The number of morpholine rings is 1. The Morgan fingerprint density at radius 2 is 2.04 bits per heavy atom. The summed E-state index contributed by atoms with van der Waals surface area (Å²) in [7, 11) is 0. The molecule has 1 saturated heterocycles. The predicted molar refractivity (Wildman–Crippen MR) is 108 cm³/mol. The first kappa shape index (κ1) is 19.6. The second kappa shape index (κ2) is 9.67. The van der Waals surface area contributed by atoms with E-state index >= 15 is 0 Å². The van der Waals surface area contributed by atoms with Crippen LogP contribution in [0.4, 0.5) is 0 Å². The van der Waals surface area contributed by atoms with Gasteiger partial charge in [0, 0.05) is 42.8 Å². The molecule has 0 unspecified atom stereocenters. The van der Waals surface area contributed by atoms with Crippen LogP contribution in [-0.2, 0) is 11.3 Å². The molecular formula is C19H33N5OS. The molecule has 1 aliphatic heterocycles. The Morgan fingerprint density at radius 1 is 1.27 bits per heavy atom. The molecule has 7 heteroatoms. The Kier molecular flexibility index (Phi) is 7.28. The quantitative estimate of drug-likeness (QED) is 0.587. The van der Waals surface area contributed by atoms with Gasteiger partial charge >= 0.3 is 0 Å². The van der Waals surface area contributed by atoms with Crippen molar-refractivity contribution in [3.05, 3.63) is 16.1 Å². The van der Waals surface area contributed by atoms with Crippen molar-refractivity contribution >= 4 is 17.3 Å². The maximum atomic E-state index is 5.59. The zero-order valence-corrected chi connectivity index (χ0v) is 17.0. The maximum Gasteiger partial charge on any atom is 0.191 e. The van der Waals surface area contributed by atoms with Crippen molar-refractivity contribution in [1.82, 2.24) is 20.5 Å². The van der Waals surface area contributed by atoms with Gasteiger partial charge in [-0.1, -0.05) is 19.3 Å². The molecule has 6 nitrogen and oxygen atoms in total. The molecule has 2 fully saturated rings. The number of ether oxygens (including phenoxy) is 1. The van der Waals surface area contributed by atoms with Crippen LogP contribution in [0, 0.1) is 6.92 Å². The van der Waals surface area contributed by atoms with E-state index in [9.17, 15) is 0 Å². The normalized spacial score (nSPS) is 21.5. The van der Waals surface area contributed by atoms with Gasteiger partial charge in [0.1, 0.15) is 0 Å². The number of aromatic nitrogens is 1. The number of rotatable bonds is 6. The van der Waals surface area contributed by atoms with Crippen molar-refractivity contribution in [1.29, 1.82) is 0 Å². The van der Waals surface area contributed by atoms with E-state index in [1.54, 1.807) is 11.3 Å². The largest absolute Gasteiger partial charge is 0.379 e. The molecule has 0 aromatic carbocycles. The van der Waals surface area contributed by atoms with Gasteiger partial charge in [-0.2, -0.15) is 0 Å². The Labute approximate surface area is 161 Å². The Balaban J connectivity index is 1.64. The molecule has 0 bridgehead atoms. The van der Waals surface area contributed by atoms with Gasteiger partial charge in [0.2, 0.25) is 0 Å². The molecule has 1 aliphatic carbocycles. The van der Waals surface area contributed by atoms with Gasteiger partial charge < -0.3 is 15.4 Å². The third-order valence-electron chi connectivity index (χ3n) is 5.46. The van der Waals surface area contributed by atoms with Crippen molar-refractivity contribution in [3.63, 3.8) is 0 Å². The number of aryl methyl sites for hydroxylation is 1. The van der Waals surface area contributed by atoms with E-state index < -0.39 is 0 Å². The van der Waals surface area contributed by atoms with Crippen LogP contribution in [-0.4, -0.2) is 60.8 Å². The number of aliphatic imine (C=N–C) groups is 1. The Bertz CT molecular complexity index is 576. The summed E-state index contributed by atoms with van der Waals surface area (Å²) in [5, 5.41) is 8.14. The zero-order chi connectivity index (χ0) is 18.2. The lowest BCUT2D eigenvalue weighted by Gasteiger charge is -2.48. The fourth-order valence-corrected chi connectivity index (χ4v) is 4.80. The van der Waals surface area contributed by atoms with Gasteiger partial charge in [0.05, 0.1) is 24.8 Å². The Morgan fingerprint density at radius 3 is 2.69 bits per heavy atom. The summed E-state index contributed by atoms with van der Waals surface area (Å²) in [5.74, 6) is 0.914. The average Bonchev–Trinajstić information content (AvgIpc) is 3.11. The van der Waals surface area contributed by atoms with Gasteiger partial charge in [0.25, 0.3) is 0 Å². The highest BCUT2D eigenvalue weighted by Crippen LogP contribution is 2.33. The van der Waals surface area contributed by atoms with Gasteiger partial charge in [-0.25, -0.2) is 9.98 Å². The summed E-state index contributed by atoms with van der Waals surface area (Å²) in [6.07, 6.45) is 8.50. The van der Waals surface area contributed by atoms with E-state index in [4.69, 9.17) is 9.73 Å². The van der Waals surface area contributed by atoms with E-state index in [1.165, 1.54) is 37.0 Å². The fraction of sp³-hybridized carbons (Fsp3) is 0.789. The van der Waals surface area contributed by atoms with Crippen molar-refractivity contribution in [2.24, 2.45) is 4.99 Å². The van der Waals surface area contributed by atoms with Crippen molar-refractivity contribution in [3.8, 4) is 0 Å². The summed E-state index contributed by atoms with van der Waals surface area (Å²) in [4.78, 5) is 13.0. The van der Waals surface area contributed by atoms with Crippen LogP contribution < -0.4 is 10.6 Å². The molecule has 2 heterocycles. The summed E-state index contributed by atoms with van der Waals surface area (Å²) >= 11 is 1.72. The molecule has 1 aromatic rings. The van der Waals surface area contributed by atoms with E-state index in [2.05, 4.69) is 27.4 Å². The van der Waals surface area contributed by atoms with Crippen LogP contribution in [0.25, 0.3) is 0 Å². The van der Waals surface area contributed by atoms with Gasteiger partial charge in [-0.05, 0) is 26.7 Å². The third kappa shape index (κ3) is 5.18. The SMILES string of the molecule is CCNC(=NCc1cnc(C)s1)NCC1(N2CCOCC2)CCCCC1. The van der Waals surface area contributed by atoms with Crippen LogP contribution >= 0.6 is 11.3 Å². The lowest BCUT2D eigenvalue weighted by molar-refractivity contribution is -0.0352. The molecule has 0 spiro atoms. The highest BCUT2D eigenvalue weighted by molar-refractivity contribution is 7.11. The van der Waals surface area contributed by atoms with Crippen molar-refractivity contribution in [2.45, 2.75) is 58.0 Å². The number of nitrogens with one attached hydrogen (secondary N) is 2. The number of hydrogen-bond acceptors (Lipinski definition) is 5. The molecular weight excluding hydrogens is 346 g/mol. The first-order chi connectivity index (χ1) is 12.7. The molecule has 1 aromatic heterocycles. The average molecular weight is 380 g/mol. The first-order valence-corrected chi connectivity index (χ1v) is 10.8. The Hall–Kier alpha value is -1.18. The number of nitrogens with zero attached hydrogens (tertiary/aromatic N) is 3. The van der Waals surface area contributed by atoms with Gasteiger partial charge in [-0.15, -0.1) is 11.3 Å². The molecule has 1 saturated carbocycles. The lowest BCUT2D eigenvalue weighted by atomic mass is 9.80. The summed E-state index contributed by atoms with van der Waals surface area (Å²) in [6, 6.07) is 0. The molecule has 3 rings (SSSR count). The second-order valence-corrected chi connectivity index (χ2v) is 8.60. The minimum Gasteiger partial charge on any atom is -0.379 e. The van der Waals surface area contributed by atoms with Crippen LogP contribution in [0.2, 0.25) is 0 Å². The summed E-state index contributed by atoms with van der Waals surface area (Å²) in [6.45, 7) is 10.5. The second-order valence-electron chi connectivity index (χ2n) is 7.28. The first-order valence-electron chi connectivity index (χ1n) is 9.98. The molecule has 26 heavy (non-hydrogen) atoms. The van der Waals surface area contributed by atoms with Crippen LogP contribution in [0.1, 0.15) is 48.9 Å². The van der Waals surface area contributed by atoms with Gasteiger partial charge in [-0.3, -0.25) is 4.90 Å². The number of guanidine groups is 1. The van der Waals surface area contributed by atoms with E-state index in [0.29, 0.717) is 6.54 Å². The highest BCUT2D eigenvalue weighted by Gasteiger charge is 2.38. The monoisotopic (exact) mass is 379 g/mol. The number of hydrogen-bond donors (Lipinski definition) is 2. The molecule has 2 aliphatic rings. The highest BCUT2D eigenvalue weighted by atomic mass is 32.1. The lowest BCUT2D eigenvalue weighted by Crippen LogP contribution is -2.60. The third-order valence-corrected chi connectivity index (χ3v) is 6.35. The van der Waals surface area contributed by atoms with Gasteiger partial charge in [0.15, 0.2) is 5.96 Å². The van der Waals surface area contributed by atoms with Crippen molar-refractivity contribution < 1.29 is 4.74 Å².